The van der Waals surface area contributed by atoms with Gasteiger partial charge in [0.2, 0.25) is 0 Å². The van der Waals surface area contributed by atoms with Crippen LogP contribution in [0, 0.1) is 6.26 Å². The van der Waals surface area contributed by atoms with Gasteiger partial charge in [0.05, 0.1) is 0 Å². The maximum Gasteiger partial charge on any atom is 3.00 e. The fourth-order valence-electron chi connectivity index (χ4n) is 1.37. The van der Waals surface area contributed by atoms with Crippen molar-refractivity contribution in [2.75, 3.05) is 20.0 Å². The summed E-state index contributed by atoms with van der Waals surface area (Å²) in [7, 11) is 2.77. The zero-order valence-electron chi connectivity index (χ0n) is 10.0. The predicted molar refractivity (Wildman–Crippen MR) is 68.0 cm³/mol. The standard InChI is InChI=1S/C11H14BO3S.Y/c1-14-12(15-2)10-6-4-9(5-7-10)11(13)8-16-3;/h4-7H,3,8H2,1-2H3;/q-1;+3. The summed E-state index contributed by atoms with van der Waals surface area (Å²) in [5, 5.41) is 0. The van der Waals surface area contributed by atoms with E-state index < -0.39 is 0 Å². The largest absolute Gasteiger partial charge is 3.00 e. The van der Waals surface area contributed by atoms with E-state index in [-0.39, 0.29) is 45.6 Å². The summed E-state index contributed by atoms with van der Waals surface area (Å²) in [4.78, 5) is 11.5. The van der Waals surface area contributed by atoms with Crippen LogP contribution >= 0.6 is 11.8 Å². The van der Waals surface area contributed by atoms with Gasteiger partial charge in [-0.05, 0) is 5.46 Å². The van der Waals surface area contributed by atoms with Crippen LogP contribution in [0.15, 0.2) is 24.3 Å². The van der Waals surface area contributed by atoms with Crippen LogP contribution in [-0.2, 0) is 42.0 Å². The number of hydrogen-bond donors (Lipinski definition) is 0. The first-order valence-electron chi connectivity index (χ1n) is 4.78. The molecule has 0 aromatic heterocycles. The Morgan fingerprint density at radius 2 is 1.82 bits per heavy atom. The SMILES string of the molecule is [CH2-]SCC(=O)c1ccc(B(OC)OC)cc1.[Y+3]. The van der Waals surface area contributed by atoms with Gasteiger partial charge in [-0.15, -0.1) is 0 Å². The van der Waals surface area contributed by atoms with Crippen LogP contribution < -0.4 is 5.46 Å². The molecule has 0 heterocycles. The molecule has 0 radical (unpaired) electrons. The van der Waals surface area contributed by atoms with Crippen LogP contribution in [0.3, 0.4) is 0 Å². The Morgan fingerprint density at radius 1 is 1.29 bits per heavy atom. The first kappa shape index (κ1) is 17.3. The third kappa shape index (κ3) is 5.23. The number of benzene rings is 1. The van der Waals surface area contributed by atoms with E-state index in [0.717, 1.165) is 5.46 Å². The first-order chi connectivity index (χ1) is 7.72. The maximum absolute atomic E-state index is 11.5. The molecule has 1 aromatic carbocycles. The molecule has 1 aromatic rings. The van der Waals surface area contributed by atoms with E-state index in [4.69, 9.17) is 9.31 Å². The van der Waals surface area contributed by atoms with E-state index in [1.807, 2.05) is 12.1 Å². The monoisotopic (exact) mass is 326 g/mol. The van der Waals surface area contributed by atoms with E-state index in [1.54, 1.807) is 26.4 Å². The van der Waals surface area contributed by atoms with Crippen molar-refractivity contribution in [3.05, 3.63) is 36.1 Å². The number of ketones is 1. The number of thioether (sulfide) groups is 1. The molecule has 0 saturated carbocycles. The van der Waals surface area contributed by atoms with Gasteiger partial charge in [-0.3, -0.25) is 11.1 Å². The summed E-state index contributed by atoms with van der Waals surface area (Å²) in [6.45, 7) is 0. The van der Waals surface area contributed by atoms with Gasteiger partial charge < -0.3 is 21.1 Å². The average Bonchev–Trinajstić information content (AvgIpc) is 2.32. The van der Waals surface area contributed by atoms with E-state index in [9.17, 15) is 4.79 Å². The minimum Gasteiger partial charge on any atom is -0.410 e. The van der Waals surface area contributed by atoms with Crippen LogP contribution in [0.25, 0.3) is 0 Å². The van der Waals surface area contributed by atoms with E-state index in [1.165, 1.54) is 11.8 Å². The minimum atomic E-state index is -0.383. The molecule has 0 aliphatic rings. The van der Waals surface area contributed by atoms with Crippen molar-refractivity contribution >= 4 is 30.1 Å². The number of hydrogen-bond acceptors (Lipinski definition) is 4. The molecule has 17 heavy (non-hydrogen) atoms. The Labute approximate surface area is 132 Å². The molecule has 0 spiro atoms. The molecule has 3 nitrogen and oxygen atoms in total. The summed E-state index contributed by atoms with van der Waals surface area (Å²) < 4.78 is 10.2. The van der Waals surface area contributed by atoms with Crippen LogP contribution in [0.2, 0.25) is 0 Å². The molecule has 0 saturated heterocycles. The van der Waals surface area contributed by atoms with Crippen molar-refractivity contribution in [1.29, 1.82) is 0 Å². The summed E-state index contributed by atoms with van der Waals surface area (Å²) in [6.07, 6.45) is 3.58. The van der Waals surface area contributed by atoms with Gasteiger partial charge >= 0.3 is 39.8 Å². The molecule has 0 fully saturated rings. The second-order valence-electron chi connectivity index (χ2n) is 3.20. The van der Waals surface area contributed by atoms with Crippen molar-refractivity contribution in [3.63, 3.8) is 0 Å². The molecule has 0 aliphatic heterocycles. The molecule has 0 amide bonds. The van der Waals surface area contributed by atoms with Crippen molar-refractivity contribution < 1.29 is 46.8 Å². The quantitative estimate of drug-likeness (QED) is 0.450. The molecule has 0 N–H and O–H groups in total. The summed E-state index contributed by atoms with van der Waals surface area (Å²) in [5.74, 6) is 0.482. The Balaban J connectivity index is 0.00000256. The summed E-state index contributed by atoms with van der Waals surface area (Å²) in [5.41, 5.74) is 1.58. The predicted octanol–water partition coefficient (Wildman–Crippen LogP) is 1.38. The first-order valence-corrected chi connectivity index (χ1v) is 5.94. The molecule has 86 valence electrons. The Morgan fingerprint density at radius 3 is 2.24 bits per heavy atom. The number of rotatable bonds is 6. The van der Waals surface area contributed by atoms with Crippen LogP contribution in [-0.4, -0.2) is 32.9 Å². The normalized spacial score (nSPS) is 9.59. The second kappa shape index (κ2) is 9.28. The molecule has 0 bridgehead atoms. The van der Waals surface area contributed by atoms with Crippen molar-refractivity contribution in [3.8, 4) is 0 Å². The molecular weight excluding hydrogens is 312 g/mol. The zero-order chi connectivity index (χ0) is 12.0. The van der Waals surface area contributed by atoms with Gasteiger partial charge in [-0.25, -0.2) is 0 Å². The van der Waals surface area contributed by atoms with Crippen molar-refractivity contribution in [1.82, 2.24) is 0 Å². The summed E-state index contributed by atoms with van der Waals surface area (Å²) in [6, 6.07) is 7.22. The number of carbonyl (C=O) groups is 1. The Hall–Kier alpha value is 0.329. The smallest absolute Gasteiger partial charge is 0.410 e. The Kier molecular flexibility index (Phi) is 9.46. The molecular formula is C11H14BO3SY+2. The molecule has 1 rings (SSSR count). The molecule has 0 aliphatic carbocycles. The van der Waals surface area contributed by atoms with Gasteiger partial charge in [0.15, 0.2) is 5.78 Å². The third-order valence-electron chi connectivity index (χ3n) is 2.17. The summed E-state index contributed by atoms with van der Waals surface area (Å²) >= 11 is 1.28. The van der Waals surface area contributed by atoms with Gasteiger partial charge in [0.1, 0.15) is 0 Å². The van der Waals surface area contributed by atoms with Crippen LogP contribution in [0.5, 0.6) is 0 Å². The maximum atomic E-state index is 11.5. The number of Topliss-reactive ketones (excluding diaryl/α,β-unsaturated/α-hetero) is 1. The zero-order valence-corrected chi connectivity index (χ0v) is 13.7. The average molecular weight is 326 g/mol. The van der Waals surface area contributed by atoms with Gasteiger partial charge in [0, 0.05) is 25.5 Å². The van der Waals surface area contributed by atoms with Crippen molar-refractivity contribution in [2.45, 2.75) is 0 Å². The fourth-order valence-corrected chi connectivity index (χ4v) is 1.72. The van der Waals surface area contributed by atoms with Gasteiger partial charge in [-0.1, -0.05) is 24.3 Å². The number of carbonyl (C=O) groups excluding carboxylic acids is 1. The van der Waals surface area contributed by atoms with Gasteiger partial charge in [0.25, 0.3) is 0 Å². The van der Waals surface area contributed by atoms with Crippen LogP contribution in [0.4, 0.5) is 0 Å². The van der Waals surface area contributed by atoms with E-state index >= 15 is 0 Å². The topological polar surface area (TPSA) is 35.5 Å². The fraction of sp³-hybridized carbons (Fsp3) is 0.273. The van der Waals surface area contributed by atoms with Gasteiger partial charge in [-0.2, -0.15) is 0 Å². The minimum absolute atomic E-state index is 0. The Bertz CT molecular complexity index is 341. The third-order valence-corrected chi connectivity index (χ3v) is 2.63. The second-order valence-corrected chi connectivity index (χ2v) is 3.89. The van der Waals surface area contributed by atoms with Crippen molar-refractivity contribution in [2.24, 2.45) is 0 Å². The van der Waals surface area contributed by atoms with Crippen LogP contribution in [0.1, 0.15) is 10.4 Å². The van der Waals surface area contributed by atoms with E-state index in [2.05, 4.69) is 6.26 Å². The molecule has 0 atom stereocenters. The van der Waals surface area contributed by atoms with E-state index in [0.29, 0.717) is 11.3 Å². The molecule has 0 unspecified atom stereocenters. The molecule has 6 heteroatoms.